The van der Waals surface area contributed by atoms with Crippen molar-refractivity contribution in [3.05, 3.63) is 22.7 Å². The fourth-order valence-electron chi connectivity index (χ4n) is 0.776. The minimum atomic E-state index is 0.482. The van der Waals surface area contributed by atoms with E-state index in [-0.39, 0.29) is 0 Å². The Morgan fingerprint density at radius 1 is 1.58 bits per heavy atom. The Kier molecular flexibility index (Phi) is 3.44. The van der Waals surface area contributed by atoms with Gasteiger partial charge in [-0.05, 0) is 13.8 Å². The van der Waals surface area contributed by atoms with Gasteiger partial charge in [0.1, 0.15) is 11.0 Å². The van der Waals surface area contributed by atoms with Gasteiger partial charge in [0.15, 0.2) is 0 Å². The van der Waals surface area contributed by atoms with Gasteiger partial charge in [0, 0.05) is 18.4 Å². The van der Waals surface area contributed by atoms with Gasteiger partial charge < -0.3 is 4.74 Å². The summed E-state index contributed by atoms with van der Waals surface area (Å²) in [6.45, 7) is 4.89. The Labute approximate surface area is 76.7 Å². The van der Waals surface area contributed by atoms with Gasteiger partial charge in [0.05, 0.1) is 6.61 Å². The van der Waals surface area contributed by atoms with Crippen molar-refractivity contribution in [3.8, 4) is 0 Å². The molecule has 1 rings (SSSR count). The van der Waals surface area contributed by atoms with Crippen LogP contribution in [0.25, 0.3) is 0 Å². The van der Waals surface area contributed by atoms with Crippen LogP contribution in [0.4, 0.5) is 0 Å². The molecule has 1 aromatic heterocycles. The van der Waals surface area contributed by atoms with Crippen LogP contribution in [0, 0.1) is 6.92 Å². The van der Waals surface area contributed by atoms with Crippen LogP contribution in [0.3, 0.4) is 0 Å². The lowest BCUT2D eigenvalue weighted by atomic mass is 10.3. The summed E-state index contributed by atoms with van der Waals surface area (Å²) in [7, 11) is 0. The summed E-state index contributed by atoms with van der Waals surface area (Å²) < 4.78 is 5.18. The standard InChI is InChI=1S/C8H11ClN2O/c1-3-12-5-7-4-10-6(2)11-8(7)9/h4H,3,5H2,1-2H3. The molecule has 0 aliphatic heterocycles. The third kappa shape index (κ3) is 2.43. The lowest BCUT2D eigenvalue weighted by Gasteiger charge is -2.02. The average molecular weight is 187 g/mol. The van der Waals surface area contributed by atoms with Crippen LogP contribution in [-0.2, 0) is 11.3 Å². The summed E-state index contributed by atoms with van der Waals surface area (Å²) in [6, 6.07) is 0. The lowest BCUT2D eigenvalue weighted by Crippen LogP contribution is -1.97. The topological polar surface area (TPSA) is 35.0 Å². The van der Waals surface area contributed by atoms with E-state index in [0.29, 0.717) is 24.2 Å². The van der Waals surface area contributed by atoms with Gasteiger partial charge in [-0.15, -0.1) is 0 Å². The van der Waals surface area contributed by atoms with Gasteiger partial charge in [-0.25, -0.2) is 9.97 Å². The molecule has 0 fully saturated rings. The van der Waals surface area contributed by atoms with E-state index >= 15 is 0 Å². The van der Waals surface area contributed by atoms with Gasteiger partial charge in [-0.2, -0.15) is 0 Å². The van der Waals surface area contributed by atoms with Crippen molar-refractivity contribution in [2.75, 3.05) is 6.61 Å². The second-order valence-corrected chi connectivity index (χ2v) is 2.73. The third-order valence-corrected chi connectivity index (χ3v) is 1.72. The highest BCUT2D eigenvalue weighted by Crippen LogP contribution is 2.12. The van der Waals surface area contributed by atoms with Crippen LogP contribution in [0.1, 0.15) is 18.3 Å². The van der Waals surface area contributed by atoms with Crippen molar-refractivity contribution in [1.82, 2.24) is 9.97 Å². The average Bonchev–Trinajstić information content (AvgIpc) is 2.03. The Balaban J connectivity index is 2.72. The molecule has 0 saturated heterocycles. The maximum atomic E-state index is 5.83. The van der Waals surface area contributed by atoms with Crippen molar-refractivity contribution in [3.63, 3.8) is 0 Å². The highest BCUT2D eigenvalue weighted by molar-refractivity contribution is 6.30. The summed E-state index contributed by atoms with van der Waals surface area (Å²) in [4.78, 5) is 8.02. The molecule has 0 radical (unpaired) electrons. The smallest absolute Gasteiger partial charge is 0.138 e. The normalized spacial score (nSPS) is 10.2. The largest absolute Gasteiger partial charge is 0.377 e. The molecule has 0 aliphatic rings. The summed E-state index contributed by atoms with van der Waals surface area (Å²) >= 11 is 5.83. The molecule has 0 bridgehead atoms. The lowest BCUT2D eigenvalue weighted by molar-refractivity contribution is 0.133. The van der Waals surface area contributed by atoms with Crippen LogP contribution in [0.2, 0.25) is 5.15 Å². The highest BCUT2D eigenvalue weighted by atomic mass is 35.5. The number of ether oxygens (including phenoxy) is 1. The SMILES string of the molecule is CCOCc1cnc(C)nc1Cl. The van der Waals surface area contributed by atoms with E-state index in [1.165, 1.54) is 0 Å². The predicted molar refractivity (Wildman–Crippen MR) is 47.1 cm³/mol. The fourth-order valence-corrected chi connectivity index (χ4v) is 1.00. The molecule has 0 amide bonds. The minimum absolute atomic E-state index is 0.482. The van der Waals surface area contributed by atoms with Crippen LogP contribution in [0.5, 0.6) is 0 Å². The summed E-state index contributed by atoms with van der Waals surface area (Å²) in [6.07, 6.45) is 1.69. The first kappa shape index (κ1) is 9.42. The predicted octanol–water partition coefficient (Wildman–Crippen LogP) is 1.97. The molecule has 12 heavy (non-hydrogen) atoms. The zero-order valence-electron chi connectivity index (χ0n) is 7.17. The maximum absolute atomic E-state index is 5.83. The first-order valence-corrected chi connectivity index (χ1v) is 4.17. The Hall–Kier alpha value is -0.670. The number of nitrogens with zero attached hydrogens (tertiary/aromatic N) is 2. The van der Waals surface area contributed by atoms with Gasteiger partial charge in [-0.3, -0.25) is 0 Å². The number of hydrogen-bond acceptors (Lipinski definition) is 3. The minimum Gasteiger partial charge on any atom is -0.377 e. The Bertz CT molecular complexity index is 265. The van der Waals surface area contributed by atoms with Crippen molar-refractivity contribution >= 4 is 11.6 Å². The molecule has 0 unspecified atom stereocenters. The van der Waals surface area contributed by atoms with Crippen molar-refractivity contribution in [2.45, 2.75) is 20.5 Å². The second-order valence-electron chi connectivity index (χ2n) is 2.37. The van der Waals surface area contributed by atoms with Gasteiger partial charge >= 0.3 is 0 Å². The zero-order valence-corrected chi connectivity index (χ0v) is 7.93. The molecule has 0 aliphatic carbocycles. The summed E-state index contributed by atoms with van der Waals surface area (Å²) in [5, 5.41) is 0.482. The van der Waals surface area contributed by atoms with E-state index in [0.717, 1.165) is 5.56 Å². The first-order chi connectivity index (χ1) is 5.74. The molecular formula is C8H11ClN2O. The monoisotopic (exact) mass is 186 g/mol. The van der Waals surface area contributed by atoms with E-state index in [9.17, 15) is 0 Å². The number of halogens is 1. The fraction of sp³-hybridized carbons (Fsp3) is 0.500. The second kappa shape index (κ2) is 4.38. The molecule has 4 heteroatoms. The van der Waals surface area contributed by atoms with Crippen molar-refractivity contribution in [2.24, 2.45) is 0 Å². The molecule has 66 valence electrons. The van der Waals surface area contributed by atoms with E-state index < -0.39 is 0 Å². The van der Waals surface area contributed by atoms with Crippen LogP contribution < -0.4 is 0 Å². The van der Waals surface area contributed by atoms with E-state index in [1.54, 1.807) is 13.1 Å². The summed E-state index contributed by atoms with van der Waals surface area (Å²) in [5.41, 5.74) is 0.837. The molecule has 0 saturated carbocycles. The molecule has 0 aromatic carbocycles. The maximum Gasteiger partial charge on any atom is 0.138 e. The van der Waals surface area contributed by atoms with E-state index in [4.69, 9.17) is 16.3 Å². The van der Waals surface area contributed by atoms with Gasteiger partial charge in [0.25, 0.3) is 0 Å². The van der Waals surface area contributed by atoms with Crippen LogP contribution in [-0.4, -0.2) is 16.6 Å². The van der Waals surface area contributed by atoms with Crippen molar-refractivity contribution < 1.29 is 4.74 Å². The molecule has 0 spiro atoms. The van der Waals surface area contributed by atoms with Crippen LogP contribution in [0.15, 0.2) is 6.20 Å². The molecule has 0 N–H and O–H groups in total. The molecule has 1 heterocycles. The molecule has 0 atom stereocenters. The third-order valence-electron chi connectivity index (χ3n) is 1.39. The highest BCUT2D eigenvalue weighted by Gasteiger charge is 2.01. The van der Waals surface area contributed by atoms with Crippen LogP contribution >= 0.6 is 11.6 Å². The number of hydrogen-bond donors (Lipinski definition) is 0. The number of aromatic nitrogens is 2. The Morgan fingerprint density at radius 3 is 2.92 bits per heavy atom. The summed E-state index contributed by atoms with van der Waals surface area (Å²) in [5.74, 6) is 0.681. The first-order valence-electron chi connectivity index (χ1n) is 3.79. The number of rotatable bonds is 3. The zero-order chi connectivity index (χ0) is 8.97. The van der Waals surface area contributed by atoms with Crippen molar-refractivity contribution in [1.29, 1.82) is 0 Å². The molecular weight excluding hydrogens is 176 g/mol. The quantitative estimate of drug-likeness (QED) is 0.678. The van der Waals surface area contributed by atoms with Gasteiger partial charge in [0.2, 0.25) is 0 Å². The molecule has 1 aromatic rings. The Morgan fingerprint density at radius 2 is 2.33 bits per heavy atom. The molecule has 3 nitrogen and oxygen atoms in total. The van der Waals surface area contributed by atoms with Gasteiger partial charge in [-0.1, -0.05) is 11.6 Å². The number of aryl methyl sites for hydroxylation is 1. The van der Waals surface area contributed by atoms with E-state index in [2.05, 4.69) is 9.97 Å². The van der Waals surface area contributed by atoms with E-state index in [1.807, 2.05) is 6.92 Å².